The molecule has 3 rings (SSSR count). The first-order chi connectivity index (χ1) is 16.2. The number of rotatable bonds is 6. The van der Waals surface area contributed by atoms with E-state index in [4.69, 9.17) is 0 Å². The number of hydrogen-bond donors (Lipinski definition) is 3. The lowest BCUT2D eigenvalue weighted by atomic mass is 9.86. The first kappa shape index (κ1) is 27.1. The Hall–Kier alpha value is -2.50. The van der Waals surface area contributed by atoms with Crippen molar-refractivity contribution in [2.45, 2.75) is 65.0 Å². The van der Waals surface area contributed by atoms with Gasteiger partial charge in [-0.1, -0.05) is 32.9 Å². The molecule has 192 valence electrons. The van der Waals surface area contributed by atoms with Crippen LogP contribution in [0.25, 0.3) is 10.4 Å². The first-order valence-corrected chi connectivity index (χ1v) is 12.2. The summed E-state index contributed by atoms with van der Waals surface area (Å²) in [5.41, 5.74) is 1.25. The lowest BCUT2D eigenvalue weighted by Gasteiger charge is -2.34. The van der Waals surface area contributed by atoms with Gasteiger partial charge in [-0.3, -0.25) is 9.59 Å². The van der Waals surface area contributed by atoms with Crippen molar-refractivity contribution < 1.29 is 27.9 Å². The SMILES string of the molecule is CNC(C(=O)N1CC(O)CC1C(=O)NCc1ccc(-c2scnc2C)cc1C(F)(F)F)C(C)(C)C. The molecule has 3 atom stereocenters. The average Bonchev–Trinajstić information content (AvgIpc) is 3.36. The van der Waals surface area contributed by atoms with Gasteiger partial charge < -0.3 is 20.6 Å². The Balaban J connectivity index is 1.80. The number of β-amino-alcohol motifs (C(OH)–C–C–N with tert-alkyl or cyclic N) is 1. The van der Waals surface area contributed by atoms with Gasteiger partial charge in [0.2, 0.25) is 11.8 Å². The monoisotopic (exact) mass is 512 g/mol. The van der Waals surface area contributed by atoms with E-state index in [-0.39, 0.29) is 31.0 Å². The maximum absolute atomic E-state index is 13.8. The molecule has 1 aliphatic heterocycles. The number of aliphatic hydroxyl groups excluding tert-OH is 1. The fourth-order valence-corrected chi connectivity index (χ4v) is 5.22. The number of carbonyl (C=O) groups is 2. The molecule has 0 spiro atoms. The van der Waals surface area contributed by atoms with Gasteiger partial charge in [-0.2, -0.15) is 13.2 Å². The van der Waals surface area contributed by atoms with Crippen molar-refractivity contribution in [1.82, 2.24) is 20.5 Å². The normalized spacial score (nSPS) is 19.6. The van der Waals surface area contributed by atoms with E-state index in [1.807, 2.05) is 20.8 Å². The Kier molecular flexibility index (Phi) is 7.93. The average molecular weight is 513 g/mol. The van der Waals surface area contributed by atoms with Gasteiger partial charge in [0.05, 0.1) is 33.8 Å². The number of aromatic nitrogens is 1. The van der Waals surface area contributed by atoms with Crippen molar-refractivity contribution in [2.75, 3.05) is 13.6 Å². The molecule has 0 bridgehead atoms. The van der Waals surface area contributed by atoms with Crippen molar-refractivity contribution in [3.63, 3.8) is 0 Å². The smallest absolute Gasteiger partial charge is 0.391 e. The number of alkyl halides is 3. The predicted molar refractivity (Wildman–Crippen MR) is 128 cm³/mol. The van der Waals surface area contributed by atoms with E-state index in [1.165, 1.54) is 22.3 Å². The zero-order chi connectivity index (χ0) is 26.1. The van der Waals surface area contributed by atoms with Crippen molar-refractivity contribution in [1.29, 1.82) is 0 Å². The standard InChI is InChI=1S/C24H31F3N4O3S/c1-13-19(35-12-30-13)14-6-7-15(17(8-14)24(25,26)27)10-29-21(33)18-9-16(32)11-31(18)22(34)20(28-5)23(2,3)4/h6-8,12,16,18,20,28,32H,9-11H2,1-5H3,(H,29,33). The van der Waals surface area contributed by atoms with Crippen LogP contribution in [-0.2, 0) is 22.3 Å². The summed E-state index contributed by atoms with van der Waals surface area (Å²) < 4.78 is 41.5. The van der Waals surface area contributed by atoms with Crippen LogP contribution in [0.3, 0.4) is 0 Å². The van der Waals surface area contributed by atoms with Gasteiger partial charge in [-0.25, -0.2) is 4.98 Å². The number of halogens is 3. The number of likely N-dealkylation sites (tertiary alicyclic amines) is 1. The largest absolute Gasteiger partial charge is 0.416 e. The third kappa shape index (κ3) is 6.02. The predicted octanol–water partition coefficient (Wildman–Crippen LogP) is 3.35. The fraction of sp³-hybridized carbons (Fsp3) is 0.542. The van der Waals surface area contributed by atoms with Crippen molar-refractivity contribution in [3.05, 3.63) is 40.5 Å². The molecule has 7 nitrogen and oxygen atoms in total. The second kappa shape index (κ2) is 10.2. The Labute approximate surface area is 206 Å². The van der Waals surface area contributed by atoms with Crippen LogP contribution in [0.2, 0.25) is 0 Å². The quantitative estimate of drug-likeness (QED) is 0.552. The number of carbonyl (C=O) groups excluding carboxylic acids is 2. The molecule has 2 amide bonds. The summed E-state index contributed by atoms with van der Waals surface area (Å²) in [5, 5.41) is 15.7. The topological polar surface area (TPSA) is 94.6 Å². The van der Waals surface area contributed by atoms with Crippen molar-refractivity contribution in [2.24, 2.45) is 5.41 Å². The third-order valence-electron chi connectivity index (χ3n) is 6.14. The summed E-state index contributed by atoms with van der Waals surface area (Å²) in [6.07, 6.45) is -5.49. The highest BCUT2D eigenvalue weighted by molar-refractivity contribution is 7.13. The van der Waals surface area contributed by atoms with Crippen LogP contribution in [0.1, 0.15) is 44.0 Å². The summed E-state index contributed by atoms with van der Waals surface area (Å²) >= 11 is 1.26. The van der Waals surface area contributed by atoms with Crippen LogP contribution in [0.5, 0.6) is 0 Å². The number of hydrogen-bond acceptors (Lipinski definition) is 6. The van der Waals surface area contributed by atoms with E-state index in [9.17, 15) is 27.9 Å². The summed E-state index contributed by atoms with van der Waals surface area (Å²) in [6.45, 7) is 6.99. The second-order valence-corrected chi connectivity index (χ2v) is 10.7. The highest BCUT2D eigenvalue weighted by Gasteiger charge is 2.43. The summed E-state index contributed by atoms with van der Waals surface area (Å²) in [6, 6.07) is 2.43. The molecule has 0 saturated carbocycles. The molecule has 3 unspecified atom stereocenters. The Morgan fingerprint density at radius 3 is 2.51 bits per heavy atom. The number of amides is 2. The number of likely N-dealkylation sites (N-methyl/N-ethyl adjacent to an activating group) is 1. The Morgan fingerprint density at radius 2 is 1.97 bits per heavy atom. The highest BCUT2D eigenvalue weighted by Crippen LogP contribution is 2.37. The highest BCUT2D eigenvalue weighted by atomic mass is 32.1. The molecule has 3 N–H and O–H groups in total. The first-order valence-electron chi connectivity index (χ1n) is 11.3. The minimum Gasteiger partial charge on any atom is -0.391 e. The molecule has 2 heterocycles. The van der Waals surface area contributed by atoms with Gasteiger partial charge in [-0.15, -0.1) is 11.3 Å². The fourth-order valence-electron chi connectivity index (χ4n) is 4.41. The number of thiazole rings is 1. The summed E-state index contributed by atoms with van der Waals surface area (Å²) in [7, 11) is 1.64. The van der Waals surface area contributed by atoms with E-state index < -0.39 is 41.2 Å². The van der Waals surface area contributed by atoms with Crippen LogP contribution in [0.15, 0.2) is 23.7 Å². The third-order valence-corrected chi connectivity index (χ3v) is 7.12. The molecule has 1 fully saturated rings. The van der Waals surface area contributed by atoms with Gasteiger partial charge >= 0.3 is 6.18 Å². The minimum absolute atomic E-state index is 0.0120. The number of aliphatic hydroxyl groups is 1. The lowest BCUT2D eigenvalue weighted by molar-refractivity contribution is -0.142. The molecule has 0 aliphatic carbocycles. The molecule has 11 heteroatoms. The Bertz CT molecular complexity index is 1080. The van der Waals surface area contributed by atoms with Crippen LogP contribution in [0.4, 0.5) is 13.2 Å². The maximum atomic E-state index is 13.8. The van der Waals surface area contributed by atoms with Gasteiger partial charge in [0.15, 0.2) is 0 Å². The van der Waals surface area contributed by atoms with Crippen LogP contribution in [0, 0.1) is 12.3 Å². The van der Waals surface area contributed by atoms with Gasteiger partial charge in [-0.05, 0) is 36.6 Å². The number of nitrogens with zero attached hydrogens (tertiary/aromatic N) is 2. The molecule has 35 heavy (non-hydrogen) atoms. The van der Waals surface area contributed by atoms with Crippen LogP contribution >= 0.6 is 11.3 Å². The van der Waals surface area contributed by atoms with Crippen molar-refractivity contribution >= 4 is 23.2 Å². The van der Waals surface area contributed by atoms with Crippen LogP contribution < -0.4 is 10.6 Å². The van der Waals surface area contributed by atoms with E-state index >= 15 is 0 Å². The molecule has 2 aromatic rings. The maximum Gasteiger partial charge on any atom is 0.416 e. The van der Waals surface area contributed by atoms with Crippen molar-refractivity contribution in [3.8, 4) is 10.4 Å². The minimum atomic E-state index is -4.62. The molecule has 1 aliphatic rings. The lowest BCUT2D eigenvalue weighted by Crippen LogP contribution is -2.55. The van der Waals surface area contributed by atoms with E-state index in [1.54, 1.807) is 25.5 Å². The van der Waals surface area contributed by atoms with E-state index in [0.29, 0.717) is 16.1 Å². The second-order valence-electron chi connectivity index (χ2n) is 9.84. The number of nitrogens with one attached hydrogen (secondary N) is 2. The summed E-state index contributed by atoms with van der Waals surface area (Å²) in [5.74, 6) is -0.939. The summed E-state index contributed by atoms with van der Waals surface area (Å²) in [4.78, 5) is 32.2. The zero-order valence-electron chi connectivity index (χ0n) is 20.4. The molecular formula is C24H31F3N4O3S. The van der Waals surface area contributed by atoms with E-state index in [2.05, 4.69) is 15.6 Å². The molecule has 1 aromatic heterocycles. The van der Waals surface area contributed by atoms with Crippen LogP contribution in [-0.4, -0.2) is 58.6 Å². The van der Waals surface area contributed by atoms with Gasteiger partial charge in [0.25, 0.3) is 0 Å². The van der Waals surface area contributed by atoms with Gasteiger partial charge in [0.1, 0.15) is 6.04 Å². The zero-order valence-corrected chi connectivity index (χ0v) is 21.2. The number of aryl methyl sites for hydroxylation is 1. The molecular weight excluding hydrogens is 481 g/mol. The Morgan fingerprint density at radius 1 is 1.29 bits per heavy atom. The molecule has 0 radical (unpaired) electrons. The van der Waals surface area contributed by atoms with Gasteiger partial charge in [0, 0.05) is 19.5 Å². The van der Waals surface area contributed by atoms with E-state index in [0.717, 1.165) is 6.07 Å². The number of benzene rings is 1. The molecule has 1 saturated heterocycles. The molecule has 1 aromatic carbocycles.